The summed E-state index contributed by atoms with van der Waals surface area (Å²) in [5.74, 6) is 2.89. The van der Waals surface area contributed by atoms with Crippen LogP contribution in [0.25, 0.3) is 0 Å². The van der Waals surface area contributed by atoms with E-state index in [0.29, 0.717) is 31.2 Å². The number of piperidine rings is 1. The largest absolute Gasteiger partial charge is 0.492 e. The van der Waals surface area contributed by atoms with Crippen molar-refractivity contribution < 1.29 is 22.7 Å². The molecule has 0 atom stereocenters. The number of hydrogen-bond donors (Lipinski definition) is 0. The van der Waals surface area contributed by atoms with Crippen molar-refractivity contribution in [3.05, 3.63) is 29.8 Å². The summed E-state index contributed by atoms with van der Waals surface area (Å²) in [5, 5.41) is 13.5. The third-order valence-corrected chi connectivity index (χ3v) is 7.99. The number of amides is 1. The van der Waals surface area contributed by atoms with Crippen molar-refractivity contribution in [2.24, 2.45) is 15.3 Å². The highest BCUT2D eigenvalue weighted by molar-refractivity contribution is 5.96. The molecule has 2 fully saturated rings. The van der Waals surface area contributed by atoms with Crippen LogP contribution < -0.4 is 4.74 Å². The fourth-order valence-corrected chi connectivity index (χ4v) is 5.57. The summed E-state index contributed by atoms with van der Waals surface area (Å²) >= 11 is 0. The highest BCUT2D eigenvalue weighted by atomic mass is 19.4. The second-order valence-electron chi connectivity index (χ2n) is 10.5. The minimum absolute atomic E-state index is 0.141. The molecule has 4 heterocycles. The van der Waals surface area contributed by atoms with Gasteiger partial charge in [0.25, 0.3) is 0 Å². The predicted molar refractivity (Wildman–Crippen MR) is 143 cm³/mol. The second-order valence-corrected chi connectivity index (χ2v) is 10.5. The van der Waals surface area contributed by atoms with Gasteiger partial charge in [-0.15, -0.1) is 10.2 Å². The molecule has 0 saturated carbocycles. The second kappa shape index (κ2) is 11.9. The van der Waals surface area contributed by atoms with Crippen LogP contribution in [0, 0.1) is 0 Å². The third-order valence-electron chi connectivity index (χ3n) is 7.99. The van der Waals surface area contributed by atoms with E-state index in [1.165, 1.54) is 5.56 Å². The normalized spacial score (nSPS) is 21.5. The van der Waals surface area contributed by atoms with E-state index in [-0.39, 0.29) is 18.9 Å². The number of halogens is 3. The predicted octanol–water partition coefficient (Wildman–Crippen LogP) is 3.54. The Morgan fingerprint density at radius 1 is 0.923 bits per heavy atom. The molecule has 9 nitrogen and oxygen atoms in total. The van der Waals surface area contributed by atoms with E-state index < -0.39 is 11.9 Å². The van der Waals surface area contributed by atoms with Gasteiger partial charge in [-0.25, -0.2) is 5.01 Å². The lowest BCUT2D eigenvalue weighted by Crippen LogP contribution is -2.48. The van der Waals surface area contributed by atoms with Crippen LogP contribution in [0.3, 0.4) is 0 Å². The molecule has 1 amide bonds. The maximum Gasteiger partial charge on any atom is 0.431 e. The first kappa shape index (κ1) is 27.4. The van der Waals surface area contributed by atoms with Gasteiger partial charge in [0.2, 0.25) is 5.91 Å². The molecule has 39 heavy (non-hydrogen) atoms. The molecule has 0 N–H and O–H groups in total. The summed E-state index contributed by atoms with van der Waals surface area (Å²) in [6, 6.07) is 8.38. The first-order valence-corrected chi connectivity index (χ1v) is 13.8. The minimum atomic E-state index is -4.45. The lowest BCUT2D eigenvalue weighted by molar-refractivity contribution is -0.130. The van der Waals surface area contributed by atoms with Gasteiger partial charge < -0.3 is 14.5 Å². The summed E-state index contributed by atoms with van der Waals surface area (Å²) in [5.41, 5.74) is 0.453. The van der Waals surface area contributed by atoms with Gasteiger partial charge in [-0.05, 0) is 36.5 Å². The summed E-state index contributed by atoms with van der Waals surface area (Å²) in [6.07, 6.45) is -1.47. The Labute approximate surface area is 227 Å². The highest BCUT2D eigenvalue weighted by Crippen LogP contribution is 2.31. The maximum atomic E-state index is 13.0. The number of amidine groups is 2. The summed E-state index contributed by atoms with van der Waals surface area (Å²) in [6.45, 7) is 8.27. The molecule has 0 bridgehead atoms. The number of piperazine rings is 1. The zero-order valence-electron chi connectivity index (χ0n) is 22.4. The van der Waals surface area contributed by atoms with Crippen molar-refractivity contribution in [1.82, 2.24) is 19.7 Å². The van der Waals surface area contributed by atoms with Crippen LogP contribution in [0.5, 0.6) is 5.75 Å². The summed E-state index contributed by atoms with van der Waals surface area (Å²) < 4.78 is 45.1. The van der Waals surface area contributed by atoms with E-state index in [4.69, 9.17) is 4.74 Å². The van der Waals surface area contributed by atoms with Crippen molar-refractivity contribution in [3.63, 3.8) is 0 Å². The number of carbonyl (C=O) groups excluding carboxylic acids is 1. The third kappa shape index (κ3) is 6.90. The molecule has 4 aliphatic rings. The molecule has 2 saturated heterocycles. The Morgan fingerprint density at radius 3 is 2.28 bits per heavy atom. The molecule has 0 aromatic heterocycles. The average molecular weight is 548 g/mol. The quantitative estimate of drug-likeness (QED) is 0.564. The molecule has 0 aliphatic carbocycles. The van der Waals surface area contributed by atoms with E-state index in [0.717, 1.165) is 70.2 Å². The number of benzene rings is 1. The Kier molecular flexibility index (Phi) is 8.39. The van der Waals surface area contributed by atoms with Gasteiger partial charge in [0.15, 0.2) is 0 Å². The first-order valence-electron chi connectivity index (χ1n) is 13.8. The number of rotatable bonds is 5. The van der Waals surface area contributed by atoms with E-state index in [2.05, 4.69) is 37.2 Å². The fourth-order valence-electron chi connectivity index (χ4n) is 5.57. The smallest absolute Gasteiger partial charge is 0.431 e. The van der Waals surface area contributed by atoms with E-state index >= 15 is 0 Å². The van der Waals surface area contributed by atoms with Crippen molar-refractivity contribution in [3.8, 4) is 5.75 Å². The standard InChI is InChI=1S/C27H36F3N7O2/c1-20(38)35-16-14-34(15-17-35)18-19-39-23-4-2-21(3-5-23)22-8-11-36(12-9-22)26-7-6-25-32-31-24(27(28,29)30)10-13-37(25)33-26/h2-5,22H,6-19H2,1H3. The molecule has 0 unspecified atom stereocenters. The Morgan fingerprint density at radius 2 is 1.62 bits per heavy atom. The number of ether oxygens (including phenoxy) is 1. The lowest BCUT2D eigenvalue weighted by Gasteiger charge is -2.37. The fraction of sp³-hybridized carbons (Fsp3) is 0.630. The zero-order chi connectivity index (χ0) is 27.4. The van der Waals surface area contributed by atoms with Gasteiger partial charge in [-0.3, -0.25) is 9.69 Å². The van der Waals surface area contributed by atoms with Gasteiger partial charge >= 0.3 is 6.18 Å². The highest BCUT2D eigenvalue weighted by Gasteiger charge is 2.38. The number of fused-ring (bicyclic) bond motifs is 1. The molecule has 0 spiro atoms. The number of nitrogens with zero attached hydrogens (tertiary/aromatic N) is 7. The Hall–Kier alpha value is -3.15. The van der Waals surface area contributed by atoms with Crippen molar-refractivity contribution in [2.75, 3.05) is 59.0 Å². The monoisotopic (exact) mass is 547 g/mol. The number of hydrogen-bond acceptors (Lipinski definition) is 8. The van der Waals surface area contributed by atoms with Crippen LogP contribution in [0.1, 0.15) is 50.5 Å². The first-order chi connectivity index (χ1) is 18.8. The molecular weight excluding hydrogens is 511 g/mol. The molecule has 0 radical (unpaired) electrons. The summed E-state index contributed by atoms with van der Waals surface area (Å²) in [4.78, 5) is 17.9. The SMILES string of the molecule is CC(=O)N1CCN(CCOc2ccc(C3CCN(C4=NN5CCC(C(F)(F)F)=NN=C5CC4)CC3)cc2)CC1. The summed E-state index contributed by atoms with van der Waals surface area (Å²) in [7, 11) is 0. The number of likely N-dealkylation sites (tertiary alicyclic amines) is 1. The van der Waals surface area contributed by atoms with Gasteiger partial charge in [0.1, 0.15) is 29.7 Å². The van der Waals surface area contributed by atoms with E-state index in [1.807, 2.05) is 17.0 Å². The number of alkyl halides is 3. The van der Waals surface area contributed by atoms with E-state index in [1.54, 1.807) is 11.9 Å². The van der Waals surface area contributed by atoms with Crippen LogP contribution in [-0.2, 0) is 4.79 Å². The maximum absolute atomic E-state index is 13.0. The van der Waals surface area contributed by atoms with Crippen molar-refractivity contribution >= 4 is 23.3 Å². The zero-order valence-corrected chi connectivity index (χ0v) is 22.4. The Balaban J connectivity index is 1.06. The topological polar surface area (TPSA) is 76.3 Å². The van der Waals surface area contributed by atoms with E-state index in [9.17, 15) is 18.0 Å². The average Bonchev–Trinajstić information content (AvgIpc) is 3.16. The molecule has 1 aromatic carbocycles. The molecular formula is C27H36F3N7O2. The number of hydrazone groups is 1. The van der Waals surface area contributed by atoms with Crippen LogP contribution in [0.4, 0.5) is 13.2 Å². The van der Waals surface area contributed by atoms with Crippen LogP contribution in [0.2, 0.25) is 0 Å². The molecule has 212 valence electrons. The molecule has 5 rings (SSSR count). The van der Waals surface area contributed by atoms with Gasteiger partial charge in [-0.2, -0.15) is 18.3 Å². The lowest BCUT2D eigenvalue weighted by atomic mass is 9.89. The van der Waals surface area contributed by atoms with Gasteiger partial charge in [-0.1, -0.05) is 12.1 Å². The molecule has 12 heteroatoms. The molecule has 4 aliphatic heterocycles. The van der Waals surface area contributed by atoms with Gasteiger partial charge in [0.05, 0.1) is 0 Å². The number of carbonyl (C=O) groups is 1. The molecule has 1 aromatic rings. The Bertz CT molecular complexity index is 1100. The van der Waals surface area contributed by atoms with Crippen LogP contribution >= 0.6 is 0 Å². The van der Waals surface area contributed by atoms with Crippen LogP contribution in [0.15, 0.2) is 39.6 Å². The van der Waals surface area contributed by atoms with Gasteiger partial charge in [0, 0.05) is 78.5 Å². The van der Waals surface area contributed by atoms with Crippen molar-refractivity contribution in [2.45, 2.75) is 51.1 Å². The van der Waals surface area contributed by atoms with Crippen molar-refractivity contribution in [1.29, 1.82) is 0 Å². The minimum Gasteiger partial charge on any atom is -0.492 e. The van der Waals surface area contributed by atoms with Crippen LogP contribution in [-0.4, -0.2) is 108 Å².